The highest BCUT2D eigenvalue weighted by Crippen LogP contribution is 2.15. The van der Waals surface area contributed by atoms with E-state index in [9.17, 15) is 4.39 Å². The number of pyridine rings is 1. The van der Waals surface area contributed by atoms with Gasteiger partial charge in [0.15, 0.2) is 0 Å². The van der Waals surface area contributed by atoms with Crippen molar-refractivity contribution in [2.24, 2.45) is 0 Å². The summed E-state index contributed by atoms with van der Waals surface area (Å²) < 4.78 is 18.4. The van der Waals surface area contributed by atoms with Gasteiger partial charge in [-0.25, -0.2) is 4.39 Å². The second-order valence-electron chi connectivity index (χ2n) is 3.58. The standard InChI is InChI=1S/C13H11ClFNO/c14-6-10-1-3-13(4-2-10)17-9-11-5-12(15)8-16-7-11/h1-5,7-8H,6,9H2. The molecule has 4 heteroatoms. The first-order chi connectivity index (χ1) is 8.28. The Labute approximate surface area is 104 Å². The highest BCUT2D eigenvalue weighted by molar-refractivity contribution is 6.17. The third-order valence-corrected chi connectivity index (χ3v) is 2.55. The Kier molecular flexibility index (Phi) is 3.94. The van der Waals surface area contributed by atoms with Gasteiger partial charge in [0, 0.05) is 17.6 Å². The average Bonchev–Trinajstić information content (AvgIpc) is 2.37. The minimum atomic E-state index is -0.358. The molecule has 0 aliphatic heterocycles. The summed E-state index contributed by atoms with van der Waals surface area (Å²) in [6.07, 6.45) is 2.75. The molecule has 0 aliphatic rings. The number of halogens is 2. The number of benzene rings is 1. The summed E-state index contributed by atoms with van der Waals surface area (Å²) in [6, 6.07) is 8.87. The number of aromatic nitrogens is 1. The van der Waals surface area contributed by atoms with Gasteiger partial charge in [-0.2, -0.15) is 0 Å². The Bertz CT molecular complexity index is 487. The van der Waals surface area contributed by atoms with Gasteiger partial charge in [0.05, 0.1) is 6.20 Å². The Hall–Kier alpha value is -1.61. The fourth-order valence-electron chi connectivity index (χ4n) is 1.38. The van der Waals surface area contributed by atoms with Crippen LogP contribution in [0.3, 0.4) is 0 Å². The van der Waals surface area contributed by atoms with E-state index in [2.05, 4.69) is 4.98 Å². The molecule has 0 unspecified atom stereocenters. The van der Waals surface area contributed by atoms with Crippen LogP contribution in [-0.2, 0) is 12.5 Å². The number of alkyl halides is 1. The molecule has 0 radical (unpaired) electrons. The molecule has 1 heterocycles. The second-order valence-corrected chi connectivity index (χ2v) is 3.84. The van der Waals surface area contributed by atoms with Crippen molar-refractivity contribution in [3.05, 3.63) is 59.7 Å². The number of hydrogen-bond acceptors (Lipinski definition) is 2. The molecule has 0 amide bonds. The smallest absolute Gasteiger partial charge is 0.141 e. The first kappa shape index (κ1) is 11.9. The predicted molar refractivity (Wildman–Crippen MR) is 64.5 cm³/mol. The van der Waals surface area contributed by atoms with E-state index in [1.807, 2.05) is 24.3 Å². The van der Waals surface area contributed by atoms with Gasteiger partial charge in [0.2, 0.25) is 0 Å². The second kappa shape index (κ2) is 5.64. The van der Waals surface area contributed by atoms with E-state index in [1.165, 1.54) is 12.3 Å². The zero-order valence-electron chi connectivity index (χ0n) is 9.07. The van der Waals surface area contributed by atoms with Crippen molar-refractivity contribution in [2.45, 2.75) is 12.5 Å². The lowest BCUT2D eigenvalue weighted by atomic mass is 10.2. The molecule has 17 heavy (non-hydrogen) atoms. The normalized spacial score (nSPS) is 10.2. The van der Waals surface area contributed by atoms with Crippen molar-refractivity contribution < 1.29 is 9.13 Å². The van der Waals surface area contributed by atoms with Crippen molar-refractivity contribution in [1.29, 1.82) is 0 Å². The van der Waals surface area contributed by atoms with Crippen LogP contribution in [0.25, 0.3) is 0 Å². The van der Waals surface area contributed by atoms with Gasteiger partial charge >= 0.3 is 0 Å². The maximum atomic E-state index is 12.9. The predicted octanol–water partition coefficient (Wildman–Crippen LogP) is 3.54. The molecule has 2 aromatic rings. The molecule has 0 bridgehead atoms. The van der Waals surface area contributed by atoms with Gasteiger partial charge in [-0.15, -0.1) is 11.6 Å². The third-order valence-electron chi connectivity index (χ3n) is 2.24. The van der Waals surface area contributed by atoms with Crippen LogP contribution < -0.4 is 4.74 Å². The fraction of sp³-hybridized carbons (Fsp3) is 0.154. The van der Waals surface area contributed by atoms with E-state index in [1.54, 1.807) is 6.20 Å². The van der Waals surface area contributed by atoms with Gasteiger partial charge in [-0.3, -0.25) is 4.98 Å². The first-order valence-corrected chi connectivity index (χ1v) is 5.68. The Morgan fingerprint density at radius 1 is 1.12 bits per heavy atom. The van der Waals surface area contributed by atoms with E-state index in [4.69, 9.17) is 16.3 Å². The highest BCUT2D eigenvalue weighted by atomic mass is 35.5. The summed E-state index contributed by atoms with van der Waals surface area (Å²) in [5.74, 6) is 0.848. The van der Waals surface area contributed by atoms with E-state index in [-0.39, 0.29) is 5.82 Å². The van der Waals surface area contributed by atoms with Gasteiger partial charge < -0.3 is 4.74 Å². The minimum Gasteiger partial charge on any atom is -0.489 e. The number of ether oxygens (including phenoxy) is 1. The van der Waals surface area contributed by atoms with Crippen molar-refractivity contribution >= 4 is 11.6 Å². The Balaban J connectivity index is 1.97. The molecule has 0 atom stereocenters. The quantitative estimate of drug-likeness (QED) is 0.776. The lowest BCUT2D eigenvalue weighted by Crippen LogP contribution is -1.96. The van der Waals surface area contributed by atoms with E-state index in [0.717, 1.165) is 11.3 Å². The van der Waals surface area contributed by atoms with Crippen LogP contribution in [0.1, 0.15) is 11.1 Å². The summed E-state index contributed by atoms with van der Waals surface area (Å²) in [5.41, 5.74) is 1.73. The molecule has 0 N–H and O–H groups in total. The van der Waals surface area contributed by atoms with Crippen molar-refractivity contribution in [3.8, 4) is 5.75 Å². The molecule has 2 rings (SSSR count). The molecule has 0 saturated carbocycles. The minimum absolute atomic E-state index is 0.297. The summed E-state index contributed by atoms with van der Waals surface area (Å²) >= 11 is 5.68. The first-order valence-electron chi connectivity index (χ1n) is 5.15. The molecule has 0 saturated heterocycles. The topological polar surface area (TPSA) is 22.1 Å². The molecule has 0 spiro atoms. The van der Waals surface area contributed by atoms with Crippen molar-refractivity contribution in [2.75, 3.05) is 0 Å². The van der Waals surface area contributed by atoms with Gasteiger partial charge in [-0.05, 0) is 23.8 Å². The summed E-state index contributed by atoms with van der Waals surface area (Å²) in [4.78, 5) is 3.75. The van der Waals surface area contributed by atoms with Gasteiger partial charge in [0.25, 0.3) is 0 Å². The van der Waals surface area contributed by atoms with Gasteiger partial charge in [0.1, 0.15) is 18.2 Å². The summed E-state index contributed by atoms with van der Waals surface area (Å²) in [6.45, 7) is 0.297. The lowest BCUT2D eigenvalue weighted by molar-refractivity contribution is 0.305. The molecule has 0 fully saturated rings. The van der Waals surface area contributed by atoms with Crippen LogP contribution in [0.4, 0.5) is 4.39 Å². The van der Waals surface area contributed by atoms with Crippen LogP contribution in [0.2, 0.25) is 0 Å². The lowest BCUT2D eigenvalue weighted by Gasteiger charge is -2.06. The maximum absolute atomic E-state index is 12.9. The highest BCUT2D eigenvalue weighted by Gasteiger charge is 1.98. The molecule has 1 aromatic heterocycles. The monoisotopic (exact) mass is 251 g/mol. The van der Waals surface area contributed by atoms with E-state index < -0.39 is 0 Å². The maximum Gasteiger partial charge on any atom is 0.141 e. The van der Waals surface area contributed by atoms with Crippen molar-refractivity contribution in [1.82, 2.24) is 4.98 Å². The number of rotatable bonds is 4. The van der Waals surface area contributed by atoms with Crippen LogP contribution in [0.5, 0.6) is 5.75 Å². The van der Waals surface area contributed by atoms with Crippen molar-refractivity contribution in [3.63, 3.8) is 0 Å². The number of nitrogens with zero attached hydrogens (tertiary/aromatic N) is 1. The molecule has 0 aliphatic carbocycles. The average molecular weight is 252 g/mol. The van der Waals surface area contributed by atoms with Gasteiger partial charge in [-0.1, -0.05) is 12.1 Å². The largest absolute Gasteiger partial charge is 0.489 e. The zero-order valence-corrected chi connectivity index (χ0v) is 9.82. The Morgan fingerprint density at radius 3 is 2.53 bits per heavy atom. The summed E-state index contributed by atoms with van der Waals surface area (Å²) in [5, 5.41) is 0. The Morgan fingerprint density at radius 2 is 1.88 bits per heavy atom. The third kappa shape index (κ3) is 3.43. The van der Waals surface area contributed by atoms with Crippen LogP contribution in [0, 0.1) is 5.82 Å². The van der Waals surface area contributed by atoms with Crippen LogP contribution in [0.15, 0.2) is 42.7 Å². The molecule has 88 valence electrons. The molecule has 2 nitrogen and oxygen atoms in total. The van der Waals surface area contributed by atoms with E-state index >= 15 is 0 Å². The SMILES string of the molecule is Fc1cncc(COc2ccc(CCl)cc2)c1. The fourth-order valence-corrected chi connectivity index (χ4v) is 1.55. The zero-order chi connectivity index (χ0) is 12.1. The summed E-state index contributed by atoms with van der Waals surface area (Å²) in [7, 11) is 0. The van der Waals surface area contributed by atoms with Crippen LogP contribution >= 0.6 is 11.6 Å². The molecular formula is C13H11ClFNO. The van der Waals surface area contributed by atoms with E-state index in [0.29, 0.717) is 18.1 Å². The molecular weight excluding hydrogens is 241 g/mol. The molecule has 1 aromatic carbocycles. The number of hydrogen-bond donors (Lipinski definition) is 0. The van der Waals surface area contributed by atoms with Crippen LogP contribution in [-0.4, -0.2) is 4.98 Å².